The SMILES string of the molecule is CC(C)(C)C(N)Cc1ccccc1O. The van der Waals surface area contributed by atoms with Crippen LogP contribution in [0.15, 0.2) is 24.3 Å². The molecule has 0 saturated heterocycles. The van der Waals surface area contributed by atoms with Crippen molar-refractivity contribution >= 4 is 0 Å². The first-order valence-electron chi connectivity index (χ1n) is 4.93. The van der Waals surface area contributed by atoms with Crippen molar-refractivity contribution in [1.29, 1.82) is 0 Å². The maximum absolute atomic E-state index is 9.57. The number of aromatic hydroxyl groups is 1. The second-order valence-corrected chi connectivity index (χ2v) is 4.81. The Morgan fingerprint density at radius 3 is 2.36 bits per heavy atom. The lowest BCUT2D eigenvalue weighted by Crippen LogP contribution is -2.36. The topological polar surface area (TPSA) is 46.2 Å². The molecule has 0 fully saturated rings. The van der Waals surface area contributed by atoms with E-state index in [9.17, 15) is 5.11 Å². The van der Waals surface area contributed by atoms with Crippen LogP contribution in [0.4, 0.5) is 0 Å². The fourth-order valence-electron chi connectivity index (χ4n) is 1.23. The summed E-state index contributed by atoms with van der Waals surface area (Å²) in [6.45, 7) is 6.33. The minimum absolute atomic E-state index is 0.0656. The minimum atomic E-state index is 0.0656. The Bertz CT molecular complexity index is 301. The maximum Gasteiger partial charge on any atom is 0.118 e. The second kappa shape index (κ2) is 4.01. The van der Waals surface area contributed by atoms with E-state index in [0.717, 1.165) is 12.0 Å². The second-order valence-electron chi connectivity index (χ2n) is 4.81. The van der Waals surface area contributed by atoms with E-state index >= 15 is 0 Å². The van der Waals surface area contributed by atoms with E-state index in [1.165, 1.54) is 0 Å². The van der Waals surface area contributed by atoms with Crippen molar-refractivity contribution in [1.82, 2.24) is 0 Å². The third-order valence-electron chi connectivity index (χ3n) is 2.54. The lowest BCUT2D eigenvalue weighted by atomic mass is 9.83. The molecule has 0 saturated carbocycles. The molecule has 3 N–H and O–H groups in total. The van der Waals surface area contributed by atoms with E-state index in [4.69, 9.17) is 5.73 Å². The lowest BCUT2D eigenvalue weighted by Gasteiger charge is -2.27. The van der Waals surface area contributed by atoms with Crippen LogP contribution in [-0.2, 0) is 6.42 Å². The average Bonchev–Trinajstić information content (AvgIpc) is 2.07. The molecule has 0 bridgehead atoms. The van der Waals surface area contributed by atoms with Gasteiger partial charge in [0, 0.05) is 6.04 Å². The van der Waals surface area contributed by atoms with Crippen molar-refractivity contribution < 1.29 is 5.11 Å². The number of nitrogens with two attached hydrogens (primary N) is 1. The number of hydrogen-bond donors (Lipinski definition) is 2. The summed E-state index contributed by atoms with van der Waals surface area (Å²) in [7, 11) is 0. The van der Waals surface area contributed by atoms with Gasteiger partial charge in [-0.25, -0.2) is 0 Å². The van der Waals surface area contributed by atoms with Gasteiger partial charge in [-0.05, 0) is 23.5 Å². The quantitative estimate of drug-likeness (QED) is 0.757. The van der Waals surface area contributed by atoms with E-state index in [0.29, 0.717) is 5.75 Å². The molecule has 0 aliphatic carbocycles. The summed E-state index contributed by atoms with van der Waals surface area (Å²) in [5, 5.41) is 9.57. The molecule has 1 rings (SSSR count). The van der Waals surface area contributed by atoms with Crippen molar-refractivity contribution in [3.05, 3.63) is 29.8 Å². The Morgan fingerprint density at radius 2 is 1.86 bits per heavy atom. The molecule has 1 aromatic carbocycles. The van der Waals surface area contributed by atoms with Crippen LogP contribution in [0, 0.1) is 5.41 Å². The van der Waals surface area contributed by atoms with Crippen LogP contribution in [0.3, 0.4) is 0 Å². The summed E-state index contributed by atoms with van der Waals surface area (Å²) < 4.78 is 0. The van der Waals surface area contributed by atoms with Crippen LogP contribution in [0.1, 0.15) is 26.3 Å². The van der Waals surface area contributed by atoms with Crippen molar-refractivity contribution in [2.24, 2.45) is 11.1 Å². The van der Waals surface area contributed by atoms with Gasteiger partial charge in [-0.1, -0.05) is 39.0 Å². The Kier molecular flexibility index (Phi) is 3.17. The van der Waals surface area contributed by atoms with E-state index in [1.54, 1.807) is 6.07 Å². The first-order chi connectivity index (χ1) is 6.41. The standard InChI is InChI=1S/C12H19NO/c1-12(2,3)11(13)8-9-6-4-5-7-10(9)14/h4-7,11,14H,8,13H2,1-3H3. The highest BCUT2D eigenvalue weighted by Gasteiger charge is 2.21. The van der Waals surface area contributed by atoms with Crippen LogP contribution < -0.4 is 5.73 Å². The van der Waals surface area contributed by atoms with Gasteiger partial charge in [0.05, 0.1) is 0 Å². The summed E-state index contributed by atoms with van der Waals surface area (Å²) in [4.78, 5) is 0. The van der Waals surface area contributed by atoms with Crippen LogP contribution in [0.25, 0.3) is 0 Å². The molecule has 1 atom stereocenters. The zero-order valence-corrected chi connectivity index (χ0v) is 9.12. The molecule has 0 aromatic heterocycles. The van der Waals surface area contributed by atoms with Gasteiger partial charge in [-0.15, -0.1) is 0 Å². The van der Waals surface area contributed by atoms with Crippen molar-refractivity contribution in [3.63, 3.8) is 0 Å². The molecule has 0 aliphatic rings. The first-order valence-corrected chi connectivity index (χ1v) is 4.93. The smallest absolute Gasteiger partial charge is 0.118 e. The molecular weight excluding hydrogens is 174 g/mol. The predicted molar refractivity (Wildman–Crippen MR) is 59.2 cm³/mol. The summed E-state index contributed by atoms with van der Waals surface area (Å²) in [6, 6.07) is 7.42. The Morgan fingerprint density at radius 1 is 1.29 bits per heavy atom. The first kappa shape index (κ1) is 11.1. The Hall–Kier alpha value is -1.02. The van der Waals surface area contributed by atoms with E-state index in [2.05, 4.69) is 20.8 Å². The molecule has 2 nitrogen and oxygen atoms in total. The highest BCUT2D eigenvalue weighted by Crippen LogP contribution is 2.24. The van der Waals surface area contributed by atoms with Gasteiger partial charge in [0.1, 0.15) is 5.75 Å². The van der Waals surface area contributed by atoms with E-state index < -0.39 is 0 Å². The van der Waals surface area contributed by atoms with Crippen LogP contribution >= 0.6 is 0 Å². The van der Waals surface area contributed by atoms with Gasteiger partial charge in [-0.2, -0.15) is 0 Å². The molecule has 2 heteroatoms. The largest absolute Gasteiger partial charge is 0.508 e. The lowest BCUT2D eigenvalue weighted by molar-refractivity contribution is 0.316. The van der Waals surface area contributed by atoms with Gasteiger partial charge < -0.3 is 10.8 Å². The summed E-state index contributed by atoms with van der Waals surface area (Å²) >= 11 is 0. The fourth-order valence-corrected chi connectivity index (χ4v) is 1.23. The molecule has 0 spiro atoms. The van der Waals surface area contributed by atoms with E-state index in [-0.39, 0.29) is 11.5 Å². The molecule has 78 valence electrons. The summed E-state index contributed by atoms with van der Waals surface area (Å²) in [6.07, 6.45) is 0.718. The van der Waals surface area contributed by atoms with Crippen molar-refractivity contribution in [3.8, 4) is 5.75 Å². The number of benzene rings is 1. The molecule has 1 unspecified atom stereocenters. The number of phenolic OH excluding ortho intramolecular Hbond substituents is 1. The summed E-state index contributed by atoms with van der Waals surface area (Å²) in [5.41, 5.74) is 7.04. The van der Waals surface area contributed by atoms with Crippen molar-refractivity contribution in [2.75, 3.05) is 0 Å². The monoisotopic (exact) mass is 193 g/mol. The van der Waals surface area contributed by atoms with Gasteiger partial charge in [0.15, 0.2) is 0 Å². The third-order valence-corrected chi connectivity index (χ3v) is 2.54. The van der Waals surface area contributed by atoms with Gasteiger partial charge in [0.2, 0.25) is 0 Å². The zero-order chi connectivity index (χ0) is 10.8. The highest BCUT2D eigenvalue weighted by atomic mass is 16.3. The molecular formula is C12H19NO. The van der Waals surface area contributed by atoms with Crippen LogP contribution in [-0.4, -0.2) is 11.1 Å². The minimum Gasteiger partial charge on any atom is -0.508 e. The molecule has 0 radical (unpaired) electrons. The molecule has 0 amide bonds. The van der Waals surface area contributed by atoms with Crippen LogP contribution in [0.5, 0.6) is 5.75 Å². The maximum atomic E-state index is 9.57. The third kappa shape index (κ3) is 2.74. The highest BCUT2D eigenvalue weighted by molar-refractivity contribution is 5.32. The van der Waals surface area contributed by atoms with Crippen LogP contribution in [0.2, 0.25) is 0 Å². The number of rotatable bonds is 2. The Balaban J connectivity index is 2.75. The van der Waals surface area contributed by atoms with Crippen molar-refractivity contribution in [2.45, 2.75) is 33.2 Å². The van der Waals surface area contributed by atoms with Gasteiger partial charge in [0.25, 0.3) is 0 Å². The molecule has 0 aliphatic heterocycles. The predicted octanol–water partition coefficient (Wildman–Crippen LogP) is 2.31. The van der Waals surface area contributed by atoms with E-state index in [1.807, 2.05) is 18.2 Å². The molecule has 1 aromatic rings. The Labute approximate surface area is 85.8 Å². The van der Waals surface area contributed by atoms with Gasteiger partial charge in [-0.3, -0.25) is 0 Å². The van der Waals surface area contributed by atoms with Gasteiger partial charge >= 0.3 is 0 Å². The summed E-state index contributed by atoms with van der Waals surface area (Å²) in [5.74, 6) is 0.340. The fraction of sp³-hybridized carbons (Fsp3) is 0.500. The normalized spacial score (nSPS) is 14.0. The number of para-hydroxylation sites is 1. The molecule has 14 heavy (non-hydrogen) atoms. The zero-order valence-electron chi connectivity index (χ0n) is 9.12. The molecule has 0 heterocycles. The average molecular weight is 193 g/mol. The number of hydrogen-bond acceptors (Lipinski definition) is 2. The number of phenols is 1.